The van der Waals surface area contributed by atoms with E-state index in [1.807, 2.05) is 0 Å². The molecule has 2 heterocycles. The van der Waals surface area contributed by atoms with E-state index in [1.54, 1.807) is 28.8 Å². The van der Waals surface area contributed by atoms with Crippen LogP contribution in [0.4, 0.5) is 4.39 Å². The molecule has 2 aromatic heterocycles. The smallest absolute Gasteiger partial charge is 0.271 e. The van der Waals surface area contributed by atoms with Crippen molar-refractivity contribution in [2.24, 2.45) is 0 Å². The van der Waals surface area contributed by atoms with Crippen LogP contribution in [-0.4, -0.2) is 26.1 Å². The lowest BCUT2D eigenvalue weighted by molar-refractivity contribution is 0.102. The number of benzene rings is 2. The molecule has 2 aromatic carbocycles. The molecule has 0 bridgehead atoms. The first kappa shape index (κ1) is 20.0. The number of nitrogens with one attached hydrogen (secondary N) is 1. The molecule has 0 saturated carbocycles. The van der Waals surface area contributed by atoms with Crippen LogP contribution in [0.3, 0.4) is 0 Å². The number of carbonyl (C=O) groups excluding carboxylic acids is 1. The van der Waals surface area contributed by atoms with Crippen molar-refractivity contribution >= 4 is 63.0 Å². The van der Waals surface area contributed by atoms with Crippen molar-refractivity contribution in [3.05, 3.63) is 79.2 Å². The van der Waals surface area contributed by atoms with Crippen LogP contribution >= 0.6 is 46.9 Å². The molecule has 0 aliphatic rings. The number of carbonyl (C=O) groups is 1. The highest BCUT2D eigenvalue weighted by Gasteiger charge is 2.15. The number of Topliss-reactive ketones (excluding diaryl/α,β-unsaturated/α-hetero) is 1. The van der Waals surface area contributed by atoms with Gasteiger partial charge in [-0.25, -0.2) is 9.37 Å². The highest BCUT2D eigenvalue weighted by molar-refractivity contribution is 7.99. The molecule has 146 valence electrons. The van der Waals surface area contributed by atoms with Gasteiger partial charge in [-0.05, 0) is 60.7 Å². The molecular weight excluding hydrogens is 453 g/mol. The summed E-state index contributed by atoms with van der Waals surface area (Å²) in [7, 11) is 0. The van der Waals surface area contributed by atoms with E-state index in [0.717, 1.165) is 28.8 Å². The number of H-pyrrole nitrogens is 1. The van der Waals surface area contributed by atoms with Gasteiger partial charge < -0.3 is 4.98 Å². The Bertz CT molecular complexity index is 1330. The van der Waals surface area contributed by atoms with E-state index in [2.05, 4.69) is 9.97 Å². The maximum absolute atomic E-state index is 13.0. The first-order valence-corrected chi connectivity index (χ1v) is 10.8. The lowest BCUT2D eigenvalue weighted by Gasteiger charge is -2.06. The summed E-state index contributed by atoms with van der Waals surface area (Å²) in [6.45, 7) is 0. The zero-order valence-electron chi connectivity index (χ0n) is 14.5. The highest BCUT2D eigenvalue weighted by atomic mass is 35.5. The van der Waals surface area contributed by atoms with Gasteiger partial charge in [0.15, 0.2) is 20.5 Å². The summed E-state index contributed by atoms with van der Waals surface area (Å²) in [6, 6.07) is 12.4. The zero-order chi connectivity index (χ0) is 20.5. The van der Waals surface area contributed by atoms with E-state index in [1.165, 1.54) is 24.3 Å². The lowest BCUT2D eigenvalue weighted by Crippen LogP contribution is -2.11. The Labute approximate surface area is 182 Å². The van der Waals surface area contributed by atoms with Crippen LogP contribution in [0.2, 0.25) is 5.02 Å². The molecule has 4 aromatic rings. The van der Waals surface area contributed by atoms with E-state index in [9.17, 15) is 14.0 Å². The first-order chi connectivity index (χ1) is 13.9. The van der Waals surface area contributed by atoms with Gasteiger partial charge >= 0.3 is 0 Å². The summed E-state index contributed by atoms with van der Waals surface area (Å²) < 4.78 is 15.6. The number of aromatic amines is 1. The summed E-state index contributed by atoms with van der Waals surface area (Å²) in [5.74, 6) is -0.557. The molecule has 0 atom stereocenters. The molecular formula is C19H11ClFN3O2S3. The van der Waals surface area contributed by atoms with Crippen molar-refractivity contribution in [2.45, 2.75) is 5.16 Å². The third kappa shape index (κ3) is 4.18. The second-order valence-corrected chi connectivity index (χ2v) is 8.97. The highest BCUT2D eigenvalue weighted by Crippen LogP contribution is 2.25. The van der Waals surface area contributed by atoms with Gasteiger partial charge in [-0.15, -0.1) is 0 Å². The number of fused-ring (bicyclic) bond motifs is 1. The normalized spacial score (nSPS) is 11.1. The summed E-state index contributed by atoms with van der Waals surface area (Å²) in [5.41, 5.74) is 1.22. The SMILES string of the molecule is O=C(CSc1nc2c(sc(=S)n2-c2ccc(Cl)cc2)c(=O)[nH]1)c1ccc(F)cc1. The van der Waals surface area contributed by atoms with Crippen LogP contribution in [0, 0.1) is 9.77 Å². The van der Waals surface area contributed by atoms with Crippen molar-refractivity contribution < 1.29 is 9.18 Å². The van der Waals surface area contributed by atoms with Crippen molar-refractivity contribution in [3.63, 3.8) is 0 Å². The van der Waals surface area contributed by atoms with E-state index >= 15 is 0 Å². The molecule has 29 heavy (non-hydrogen) atoms. The topological polar surface area (TPSA) is 67.8 Å². The number of thioether (sulfide) groups is 1. The molecule has 4 rings (SSSR count). The lowest BCUT2D eigenvalue weighted by atomic mass is 10.1. The number of thiazole rings is 1. The fraction of sp³-hybridized carbons (Fsp3) is 0.0526. The van der Waals surface area contributed by atoms with E-state index in [4.69, 9.17) is 23.8 Å². The zero-order valence-corrected chi connectivity index (χ0v) is 17.7. The van der Waals surface area contributed by atoms with Crippen LogP contribution in [-0.2, 0) is 0 Å². The third-order valence-electron chi connectivity index (χ3n) is 4.01. The Morgan fingerprint density at radius 2 is 1.90 bits per heavy atom. The molecule has 0 amide bonds. The minimum Gasteiger partial charge on any atom is -0.300 e. The average Bonchev–Trinajstić information content (AvgIpc) is 3.04. The number of ketones is 1. The van der Waals surface area contributed by atoms with Gasteiger partial charge in [-0.2, -0.15) is 0 Å². The minimum atomic E-state index is -0.408. The molecule has 0 spiro atoms. The Morgan fingerprint density at radius 3 is 2.59 bits per heavy atom. The molecule has 0 saturated heterocycles. The molecule has 0 aliphatic carbocycles. The van der Waals surface area contributed by atoms with Crippen molar-refractivity contribution in [1.29, 1.82) is 0 Å². The maximum atomic E-state index is 13.0. The number of hydrogen-bond acceptors (Lipinski definition) is 6. The largest absolute Gasteiger partial charge is 0.300 e. The predicted molar refractivity (Wildman–Crippen MR) is 117 cm³/mol. The molecule has 0 radical (unpaired) electrons. The minimum absolute atomic E-state index is 0.0475. The first-order valence-electron chi connectivity index (χ1n) is 8.26. The summed E-state index contributed by atoms with van der Waals surface area (Å²) >= 11 is 13.6. The van der Waals surface area contributed by atoms with Crippen LogP contribution in [0.1, 0.15) is 10.4 Å². The maximum Gasteiger partial charge on any atom is 0.271 e. The molecule has 0 aliphatic heterocycles. The Morgan fingerprint density at radius 1 is 1.21 bits per heavy atom. The molecule has 1 N–H and O–H groups in total. The third-order valence-corrected chi connectivity index (χ3v) is 6.50. The van der Waals surface area contributed by atoms with Gasteiger partial charge in [0.25, 0.3) is 5.56 Å². The van der Waals surface area contributed by atoms with Gasteiger partial charge in [0.05, 0.1) is 5.75 Å². The second-order valence-electron chi connectivity index (χ2n) is 5.92. The van der Waals surface area contributed by atoms with Gasteiger partial charge in [-0.3, -0.25) is 14.2 Å². The quantitative estimate of drug-likeness (QED) is 0.189. The van der Waals surface area contributed by atoms with Crippen molar-refractivity contribution in [1.82, 2.24) is 14.5 Å². The Hall–Kier alpha value is -2.33. The Kier molecular flexibility index (Phi) is 5.64. The van der Waals surface area contributed by atoms with Gasteiger partial charge in [-0.1, -0.05) is 34.7 Å². The van der Waals surface area contributed by atoms with Crippen LogP contribution < -0.4 is 5.56 Å². The van der Waals surface area contributed by atoms with Crippen molar-refractivity contribution in [3.8, 4) is 5.69 Å². The predicted octanol–water partition coefficient (Wildman–Crippen LogP) is 5.27. The summed E-state index contributed by atoms with van der Waals surface area (Å²) in [6.07, 6.45) is 0. The fourth-order valence-corrected chi connectivity index (χ4v) is 4.78. The number of nitrogens with zero attached hydrogens (tertiary/aromatic N) is 2. The van der Waals surface area contributed by atoms with Gasteiger partial charge in [0.2, 0.25) is 0 Å². The second kappa shape index (κ2) is 8.19. The molecule has 10 heteroatoms. The molecule has 5 nitrogen and oxygen atoms in total. The van der Waals surface area contributed by atoms with Crippen LogP contribution in [0.5, 0.6) is 0 Å². The fourth-order valence-electron chi connectivity index (χ4n) is 2.63. The molecule has 0 unspecified atom stereocenters. The standard InChI is InChI=1S/C19H11ClFN3O2S3/c20-11-3-7-13(8-4-11)24-16-15(29-19(24)27)17(26)23-18(22-16)28-9-14(25)10-1-5-12(21)6-2-10/h1-8H,9H2,(H,22,23,26). The van der Waals surface area contributed by atoms with E-state index in [-0.39, 0.29) is 17.1 Å². The van der Waals surface area contributed by atoms with Gasteiger partial charge in [0, 0.05) is 16.3 Å². The van der Waals surface area contributed by atoms with Gasteiger partial charge in [0.1, 0.15) is 10.5 Å². The summed E-state index contributed by atoms with van der Waals surface area (Å²) in [5, 5.41) is 0.884. The van der Waals surface area contributed by atoms with Crippen LogP contribution in [0.15, 0.2) is 58.5 Å². The van der Waals surface area contributed by atoms with E-state index < -0.39 is 5.82 Å². The van der Waals surface area contributed by atoms with Crippen LogP contribution in [0.25, 0.3) is 16.0 Å². The monoisotopic (exact) mass is 463 g/mol. The number of hydrogen-bond donors (Lipinski definition) is 1. The number of halogens is 2. The van der Waals surface area contributed by atoms with E-state index in [0.29, 0.717) is 30.0 Å². The summed E-state index contributed by atoms with van der Waals surface area (Å²) in [4.78, 5) is 32.0. The average molecular weight is 464 g/mol. The number of aromatic nitrogens is 3. The number of rotatable bonds is 5. The molecule has 0 fully saturated rings. The van der Waals surface area contributed by atoms with Crippen molar-refractivity contribution in [2.75, 3.05) is 5.75 Å². The Balaban J connectivity index is 1.67.